The number of nitrogens with zero attached hydrogens (tertiary/aromatic N) is 1. The van der Waals surface area contributed by atoms with Crippen LogP contribution in [0.5, 0.6) is 0 Å². The van der Waals surface area contributed by atoms with Gasteiger partial charge in [-0.05, 0) is 54.3 Å². The molecule has 0 spiro atoms. The van der Waals surface area contributed by atoms with Crippen molar-refractivity contribution in [3.8, 4) is 11.1 Å². The second-order valence-corrected chi connectivity index (χ2v) is 14.5. The van der Waals surface area contributed by atoms with Gasteiger partial charge in [-0.25, -0.2) is 4.99 Å². The first-order valence-corrected chi connectivity index (χ1v) is 18.3. The third-order valence-electron chi connectivity index (χ3n) is 10.5. The van der Waals surface area contributed by atoms with Crippen LogP contribution in [-0.4, -0.2) is 5.84 Å². The van der Waals surface area contributed by atoms with E-state index in [-0.39, 0.29) is 12.3 Å². The van der Waals surface area contributed by atoms with Crippen molar-refractivity contribution in [3.63, 3.8) is 0 Å². The largest absolute Gasteiger partial charge is 0.456 e. The molecule has 244 valence electrons. The summed E-state index contributed by atoms with van der Waals surface area (Å²) in [5, 5.41) is 13.4. The van der Waals surface area contributed by atoms with Gasteiger partial charge >= 0.3 is 0 Å². The minimum atomic E-state index is -0.288. The summed E-state index contributed by atoms with van der Waals surface area (Å²) in [5.41, 5.74) is 9.24. The highest BCUT2D eigenvalue weighted by atomic mass is 32.1. The maximum Gasteiger partial charge on any atom is 0.146 e. The quantitative estimate of drug-likeness (QED) is 0.195. The Balaban J connectivity index is 1.08. The maximum atomic E-state index is 6.93. The lowest BCUT2D eigenvalue weighted by Gasteiger charge is -2.32. The molecule has 2 N–H and O–H groups in total. The van der Waals surface area contributed by atoms with E-state index in [1.165, 1.54) is 31.1 Å². The lowest BCUT2D eigenvalue weighted by molar-refractivity contribution is 0.410. The molecule has 51 heavy (non-hydrogen) atoms. The molecule has 2 aliphatic rings. The molecule has 1 aliphatic heterocycles. The van der Waals surface area contributed by atoms with E-state index in [0.29, 0.717) is 0 Å². The molecule has 1 aliphatic carbocycles. The molecule has 11 rings (SSSR count). The summed E-state index contributed by atoms with van der Waals surface area (Å²) in [6.07, 6.45) is 5.90. The van der Waals surface area contributed by atoms with Crippen molar-refractivity contribution in [2.45, 2.75) is 25.2 Å². The van der Waals surface area contributed by atoms with Crippen molar-refractivity contribution in [2.75, 3.05) is 0 Å². The van der Waals surface area contributed by atoms with Crippen molar-refractivity contribution in [1.29, 1.82) is 0 Å². The highest BCUT2D eigenvalue weighted by molar-refractivity contribution is 7.25. The highest BCUT2D eigenvalue weighted by Gasteiger charge is 2.29. The number of furan rings is 2. The fraction of sp³-hybridized carbons (Fsp3) is 0.0889. The molecule has 2 atom stereocenters. The highest BCUT2D eigenvalue weighted by Crippen LogP contribution is 2.42. The first kappa shape index (κ1) is 28.8. The summed E-state index contributed by atoms with van der Waals surface area (Å²) in [7, 11) is 0. The minimum Gasteiger partial charge on any atom is -0.456 e. The Hall–Kier alpha value is -5.95. The monoisotopic (exact) mass is 677 g/mol. The molecule has 5 nitrogen and oxygen atoms in total. The van der Waals surface area contributed by atoms with Gasteiger partial charge in [0.2, 0.25) is 0 Å². The first-order valence-electron chi connectivity index (χ1n) is 17.5. The second kappa shape index (κ2) is 11.3. The van der Waals surface area contributed by atoms with Gasteiger partial charge in [0.1, 0.15) is 40.7 Å². The number of thiophene rings is 1. The molecule has 0 saturated carbocycles. The Morgan fingerprint density at radius 3 is 2.33 bits per heavy atom. The van der Waals surface area contributed by atoms with Crippen LogP contribution in [0.15, 0.2) is 147 Å². The van der Waals surface area contributed by atoms with Crippen LogP contribution in [0, 0.1) is 0 Å². The number of hydrogen-bond donors (Lipinski definition) is 2. The fourth-order valence-electron chi connectivity index (χ4n) is 8.08. The summed E-state index contributed by atoms with van der Waals surface area (Å²) < 4.78 is 15.8. The summed E-state index contributed by atoms with van der Waals surface area (Å²) in [5.74, 6) is 1.77. The molecule has 0 fully saturated rings. The predicted molar refractivity (Wildman–Crippen MR) is 210 cm³/mol. The Bertz CT molecular complexity index is 2890. The summed E-state index contributed by atoms with van der Waals surface area (Å²) >= 11 is 1.83. The van der Waals surface area contributed by atoms with Gasteiger partial charge in [-0.15, -0.1) is 11.3 Å². The van der Waals surface area contributed by atoms with Gasteiger partial charge in [-0.2, -0.15) is 0 Å². The molecular formula is C45H31N3O2S. The van der Waals surface area contributed by atoms with Crippen molar-refractivity contribution < 1.29 is 8.83 Å². The maximum absolute atomic E-state index is 6.93. The van der Waals surface area contributed by atoms with Crippen molar-refractivity contribution in [1.82, 2.24) is 10.6 Å². The van der Waals surface area contributed by atoms with Crippen LogP contribution >= 0.6 is 11.3 Å². The van der Waals surface area contributed by atoms with E-state index in [2.05, 4.69) is 150 Å². The molecule has 0 amide bonds. The topological polar surface area (TPSA) is 62.7 Å². The van der Waals surface area contributed by atoms with Crippen LogP contribution in [0.25, 0.3) is 70.3 Å². The van der Waals surface area contributed by atoms with Gasteiger partial charge in [0.05, 0.1) is 5.56 Å². The molecule has 4 heterocycles. The molecule has 3 aromatic heterocycles. The molecule has 0 bridgehead atoms. The van der Waals surface area contributed by atoms with E-state index in [1.807, 2.05) is 11.3 Å². The van der Waals surface area contributed by atoms with Crippen LogP contribution in [0.4, 0.5) is 0 Å². The zero-order valence-electron chi connectivity index (χ0n) is 27.5. The number of hydrogen-bond acceptors (Lipinski definition) is 6. The van der Waals surface area contributed by atoms with E-state index in [4.69, 9.17) is 13.8 Å². The molecule has 6 aromatic carbocycles. The number of nitrogens with one attached hydrogen (secondary N) is 2. The van der Waals surface area contributed by atoms with Crippen molar-refractivity contribution >= 4 is 76.3 Å². The molecule has 0 saturated heterocycles. The second-order valence-electron chi connectivity index (χ2n) is 13.4. The zero-order chi connectivity index (χ0) is 33.5. The number of allylic oxidation sites excluding steroid dienone is 1. The average Bonchev–Trinajstić information content (AvgIpc) is 3.89. The Kier molecular flexibility index (Phi) is 6.38. The molecule has 2 unspecified atom stereocenters. The number of amidine groups is 1. The van der Waals surface area contributed by atoms with Crippen LogP contribution in [0.2, 0.25) is 0 Å². The Labute approximate surface area is 297 Å². The van der Waals surface area contributed by atoms with E-state index in [9.17, 15) is 0 Å². The minimum absolute atomic E-state index is 0.167. The van der Waals surface area contributed by atoms with Gasteiger partial charge < -0.3 is 14.2 Å². The van der Waals surface area contributed by atoms with Crippen molar-refractivity contribution in [3.05, 3.63) is 161 Å². The number of fused-ring (bicyclic) bond motifs is 9. The molecular weight excluding hydrogens is 647 g/mol. The third-order valence-corrected chi connectivity index (χ3v) is 11.6. The van der Waals surface area contributed by atoms with E-state index in [1.54, 1.807) is 0 Å². The predicted octanol–water partition coefficient (Wildman–Crippen LogP) is 11.7. The summed E-state index contributed by atoms with van der Waals surface area (Å²) in [4.78, 5) is 5.42. The van der Waals surface area contributed by atoms with E-state index in [0.717, 1.165) is 79.8 Å². The number of benzene rings is 6. The summed E-state index contributed by atoms with van der Waals surface area (Å²) in [6.45, 7) is 0. The third kappa shape index (κ3) is 4.54. The normalized spacial score (nSPS) is 17.4. The zero-order valence-corrected chi connectivity index (χ0v) is 28.3. The van der Waals surface area contributed by atoms with Gasteiger partial charge in [0.25, 0.3) is 0 Å². The van der Waals surface area contributed by atoms with Gasteiger partial charge in [0, 0.05) is 53.0 Å². The molecule has 6 heteroatoms. The van der Waals surface area contributed by atoms with E-state index >= 15 is 0 Å². The van der Waals surface area contributed by atoms with Gasteiger partial charge in [-0.3, -0.25) is 5.32 Å². The number of rotatable bonds is 4. The van der Waals surface area contributed by atoms with Gasteiger partial charge in [0.15, 0.2) is 0 Å². The Morgan fingerprint density at radius 2 is 1.43 bits per heavy atom. The SMILES string of the molecule is C1=Cc2oc3cc(-c4cccc5c4oc4c(C6=NC(c7cccc8sc9ccccc9c78)NC(c7ccccc7)N6)cccc45)ccc3c2CC1. The number of para-hydroxylation sites is 2. The average molecular weight is 678 g/mol. The molecule has 9 aromatic rings. The molecule has 0 radical (unpaired) electrons. The summed E-state index contributed by atoms with van der Waals surface area (Å²) in [6, 6.07) is 45.1. The lowest BCUT2D eigenvalue weighted by atomic mass is 9.98. The van der Waals surface area contributed by atoms with Crippen LogP contribution < -0.4 is 10.6 Å². The number of aryl methyl sites for hydroxylation is 1. The van der Waals surface area contributed by atoms with Gasteiger partial charge in [-0.1, -0.05) is 109 Å². The fourth-order valence-corrected chi connectivity index (χ4v) is 9.22. The first-order chi connectivity index (χ1) is 25.3. The van der Waals surface area contributed by atoms with Crippen LogP contribution in [-0.2, 0) is 6.42 Å². The van der Waals surface area contributed by atoms with Crippen LogP contribution in [0.1, 0.15) is 46.8 Å². The van der Waals surface area contributed by atoms with Crippen LogP contribution in [0.3, 0.4) is 0 Å². The van der Waals surface area contributed by atoms with E-state index < -0.39 is 0 Å². The lowest BCUT2D eigenvalue weighted by Crippen LogP contribution is -2.45. The smallest absolute Gasteiger partial charge is 0.146 e. The Morgan fingerprint density at radius 1 is 0.667 bits per heavy atom. The van der Waals surface area contributed by atoms with Crippen molar-refractivity contribution in [2.24, 2.45) is 4.99 Å². The number of aliphatic imine (C=N–C) groups is 1. The standard InChI is InChI=1S/C45H31N3O2S/c1-2-11-26(12-3-1)43-46-44(34-18-10-22-39-40(34)33-14-5-7-21-38(33)51-39)48-45(47-43)35-19-9-17-32-31-16-8-15-28(41(31)50-42(32)35)27-23-24-30-29-13-4-6-20-36(29)49-37(30)25-27/h1-3,5-12,14-25,43-44,46H,4,13H2,(H,47,48).